The van der Waals surface area contributed by atoms with E-state index in [1.165, 1.54) is 31.9 Å². The lowest BCUT2D eigenvalue weighted by molar-refractivity contribution is 0.379. The third-order valence-corrected chi connectivity index (χ3v) is 4.19. The summed E-state index contributed by atoms with van der Waals surface area (Å²) in [5.74, 6) is 1.14. The van der Waals surface area contributed by atoms with Crippen LogP contribution in [0, 0.1) is 5.92 Å². The fourth-order valence-electron chi connectivity index (χ4n) is 2.10. The van der Waals surface area contributed by atoms with Crippen molar-refractivity contribution in [2.24, 2.45) is 5.92 Å². The second kappa shape index (κ2) is 6.01. The second-order valence-corrected chi connectivity index (χ2v) is 7.48. The zero-order valence-corrected chi connectivity index (χ0v) is 11.5. The standard InChI is InChI=1S/C12H25NO2S/c1-4-5-12(11-6-7-11)13-10(2)8-9-16(3,14)15/h10-13H,4-9H2,1-3H3. The van der Waals surface area contributed by atoms with E-state index in [1.54, 1.807) is 0 Å². The Labute approximate surface area is 99.9 Å². The van der Waals surface area contributed by atoms with Crippen molar-refractivity contribution < 1.29 is 8.42 Å². The highest BCUT2D eigenvalue weighted by Gasteiger charge is 2.30. The highest BCUT2D eigenvalue weighted by atomic mass is 32.2. The van der Waals surface area contributed by atoms with Gasteiger partial charge in [0.25, 0.3) is 0 Å². The molecular weight excluding hydrogens is 222 g/mol. The Bertz CT molecular complexity index is 296. The highest BCUT2D eigenvalue weighted by Crippen LogP contribution is 2.34. The van der Waals surface area contributed by atoms with Crippen molar-refractivity contribution in [1.82, 2.24) is 5.32 Å². The highest BCUT2D eigenvalue weighted by molar-refractivity contribution is 7.90. The van der Waals surface area contributed by atoms with E-state index in [4.69, 9.17) is 0 Å². The molecule has 0 radical (unpaired) electrons. The predicted octanol–water partition coefficient (Wildman–Crippen LogP) is 1.98. The van der Waals surface area contributed by atoms with Crippen LogP contribution in [0.1, 0.15) is 46.0 Å². The molecule has 3 nitrogen and oxygen atoms in total. The molecule has 1 saturated carbocycles. The van der Waals surface area contributed by atoms with E-state index in [1.807, 2.05) is 0 Å². The van der Waals surface area contributed by atoms with Crippen LogP contribution in [0.3, 0.4) is 0 Å². The van der Waals surface area contributed by atoms with Crippen molar-refractivity contribution >= 4 is 9.84 Å². The van der Waals surface area contributed by atoms with Gasteiger partial charge < -0.3 is 5.32 Å². The summed E-state index contributed by atoms with van der Waals surface area (Å²) in [6, 6.07) is 0.923. The molecule has 1 fully saturated rings. The van der Waals surface area contributed by atoms with Crippen LogP contribution in [0.4, 0.5) is 0 Å². The number of hydrogen-bond acceptors (Lipinski definition) is 3. The van der Waals surface area contributed by atoms with Crippen molar-refractivity contribution in [3.8, 4) is 0 Å². The molecule has 1 N–H and O–H groups in total. The van der Waals surface area contributed by atoms with Crippen LogP contribution < -0.4 is 5.32 Å². The van der Waals surface area contributed by atoms with E-state index < -0.39 is 9.84 Å². The van der Waals surface area contributed by atoms with Crippen LogP contribution in [0.15, 0.2) is 0 Å². The summed E-state index contributed by atoms with van der Waals surface area (Å²) in [5.41, 5.74) is 0. The van der Waals surface area contributed by atoms with E-state index in [9.17, 15) is 8.42 Å². The number of hydrogen-bond donors (Lipinski definition) is 1. The molecule has 0 spiro atoms. The van der Waals surface area contributed by atoms with Gasteiger partial charge >= 0.3 is 0 Å². The average Bonchev–Trinajstić information content (AvgIpc) is 2.96. The Hall–Kier alpha value is -0.0900. The van der Waals surface area contributed by atoms with Gasteiger partial charge in [-0.3, -0.25) is 0 Å². The number of rotatable bonds is 8. The van der Waals surface area contributed by atoms with E-state index in [0.29, 0.717) is 17.8 Å². The smallest absolute Gasteiger partial charge is 0.147 e. The summed E-state index contributed by atoms with van der Waals surface area (Å²) in [6.45, 7) is 4.30. The molecule has 1 aliphatic rings. The van der Waals surface area contributed by atoms with Crippen LogP contribution in [0.2, 0.25) is 0 Å². The van der Waals surface area contributed by atoms with Crippen LogP contribution in [-0.4, -0.2) is 32.5 Å². The minimum absolute atomic E-state index is 0.296. The Morgan fingerprint density at radius 3 is 2.38 bits per heavy atom. The van der Waals surface area contributed by atoms with Gasteiger partial charge in [0, 0.05) is 18.3 Å². The molecule has 96 valence electrons. The first-order valence-corrected chi connectivity index (χ1v) is 8.42. The van der Waals surface area contributed by atoms with Crippen molar-refractivity contribution in [2.45, 2.75) is 58.0 Å². The first-order valence-electron chi connectivity index (χ1n) is 6.36. The molecule has 0 aromatic carbocycles. The van der Waals surface area contributed by atoms with Gasteiger partial charge in [0.15, 0.2) is 0 Å². The van der Waals surface area contributed by atoms with E-state index >= 15 is 0 Å². The van der Waals surface area contributed by atoms with Crippen molar-refractivity contribution in [3.63, 3.8) is 0 Å². The molecule has 1 rings (SSSR count). The van der Waals surface area contributed by atoms with Crippen molar-refractivity contribution in [3.05, 3.63) is 0 Å². The third-order valence-electron chi connectivity index (χ3n) is 3.21. The largest absolute Gasteiger partial charge is 0.311 e. The average molecular weight is 247 g/mol. The lowest BCUT2D eigenvalue weighted by atomic mass is 10.1. The summed E-state index contributed by atoms with van der Waals surface area (Å²) < 4.78 is 22.1. The Morgan fingerprint density at radius 2 is 1.94 bits per heavy atom. The fraction of sp³-hybridized carbons (Fsp3) is 1.00. The molecule has 2 atom stereocenters. The third kappa shape index (κ3) is 5.85. The monoisotopic (exact) mass is 247 g/mol. The molecule has 0 aromatic heterocycles. The Kier molecular flexibility index (Phi) is 5.25. The van der Waals surface area contributed by atoms with Crippen LogP contribution in [0.5, 0.6) is 0 Å². The molecule has 0 heterocycles. The maximum atomic E-state index is 11.1. The molecule has 0 aromatic rings. The summed E-state index contributed by atoms with van der Waals surface area (Å²) in [5, 5.41) is 3.59. The first-order chi connectivity index (χ1) is 7.42. The lowest BCUT2D eigenvalue weighted by Gasteiger charge is -2.22. The topological polar surface area (TPSA) is 46.2 Å². The van der Waals surface area contributed by atoms with Gasteiger partial charge in [-0.2, -0.15) is 0 Å². The maximum Gasteiger partial charge on any atom is 0.147 e. The molecule has 0 amide bonds. The molecule has 0 saturated heterocycles. The molecular formula is C12H25NO2S. The predicted molar refractivity (Wildman–Crippen MR) is 68.3 cm³/mol. The van der Waals surface area contributed by atoms with Crippen molar-refractivity contribution in [1.29, 1.82) is 0 Å². The quantitative estimate of drug-likeness (QED) is 0.713. The zero-order chi connectivity index (χ0) is 12.2. The summed E-state index contributed by atoms with van der Waals surface area (Å²) in [7, 11) is -2.81. The molecule has 0 bridgehead atoms. The molecule has 1 aliphatic carbocycles. The van der Waals surface area contributed by atoms with E-state index in [2.05, 4.69) is 19.2 Å². The molecule has 16 heavy (non-hydrogen) atoms. The minimum Gasteiger partial charge on any atom is -0.311 e. The van der Waals surface area contributed by atoms with Gasteiger partial charge in [0.05, 0.1) is 5.75 Å². The van der Waals surface area contributed by atoms with Crippen LogP contribution >= 0.6 is 0 Å². The SMILES string of the molecule is CCCC(NC(C)CCS(C)(=O)=O)C1CC1. The minimum atomic E-state index is -2.81. The van der Waals surface area contributed by atoms with Gasteiger partial charge in [-0.25, -0.2) is 8.42 Å². The number of nitrogens with one attached hydrogen (secondary N) is 1. The summed E-state index contributed by atoms with van der Waals surface area (Å²) in [4.78, 5) is 0. The fourth-order valence-corrected chi connectivity index (χ4v) is 2.89. The van der Waals surface area contributed by atoms with Crippen LogP contribution in [-0.2, 0) is 9.84 Å². The van der Waals surface area contributed by atoms with E-state index in [-0.39, 0.29) is 0 Å². The Balaban J connectivity index is 2.27. The zero-order valence-electron chi connectivity index (χ0n) is 10.7. The van der Waals surface area contributed by atoms with Gasteiger partial charge in [0.2, 0.25) is 0 Å². The maximum absolute atomic E-state index is 11.1. The van der Waals surface area contributed by atoms with Crippen molar-refractivity contribution in [2.75, 3.05) is 12.0 Å². The molecule has 4 heteroatoms. The molecule has 0 aliphatic heterocycles. The normalized spacial score (nSPS) is 20.7. The second-order valence-electron chi connectivity index (χ2n) is 5.22. The lowest BCUT2D eigenvalue weighted by Crippen LogP contribution is -2.38. The molecule has 2 unspecified atom stereocenters. The van der Waals surface area contributed by atoms with Gasteiger partial charge in [0.1, 0.15) is 9.84 Å². The van der Waals surface area contributed by atoms with Crippen LogP contribution in [0.25, 0.3) is 0 Å². The Morgan fingerprint density at radius 1 is 1.31 bits per heavy atom. The van der Waals surface area contributed by atoms with Gasteiger partial charge in [-0.1, -0.05) is 13.3 Å². The summed E-state index contributed by atoms with van der Waals surface area (Å²) >= 11 is 0. The van der Waals surface area contributed by atoms with Gasteiger partial charge in [-0.05, 0) is 38.5 Å². The van der Waals surface area contributed by atoms with Gasteiger partial charge in [-0.15, -0.1) is 0 Å². The number of sulfone groups is 1. The van der Waals surface area contributed by atoms with E-state index in [0.717, 1.165) is 12.3 Å². The first kappa shape index (κ1) is 14.0. The summed E-state index contributed by atoms with van der Waals surface area (Å²) in [6.07, 6.45) is 7.14.